The summed E-state index contributed by atoms with van der Waals surface area (Å²) in [5.74, 6) is 0.460. The molecule has 0 heteroatoms. The van der Waals surface area contributed by atoms with E-state index in [0.29, 0.717) is 5.92 Å². The lowest BCUT2D eigenvalue weighted by Crippen LogP contribution is -2.27. The molecule has 0 heterocycles. The topological polar surface area (TPSA) is 0 Å². The summed E-state index contributed by atoms with van der Waals surface area (Å²) < 4.78 is 0. The average molecular weight is 393 g/mol. The first-order valence-electron chi connectivity index (χ1n) is 10.7. The van der Waals surface area contributed by atoms with Crippen molar-refractivity contribution in [3.05, 3.63) is 138 Å². The second kappa shape index (κ2) is 9.59. The van der Waals surface area contributed by atoms with Crippen LogP contribution in [0.15, 0.2) is 110 Å². The van der Waals surface area contributed by atoms with Crippen molar-refractivity contribution in [3.63, 3.8) is 0 Å². The third kappa shape index (κ3) is 4.24. The Morgan fingerprint density at radius 1 is 0.867 bits per heavy atom. The van der Waals surface area contributed by atoms with Gasteiger partial charge in [0.05, 0.1) is 0 Å². The minimum atomic E-state index is -0.287. The molecule has 3 aromatic rings. The van der Waals surface area contributed by atoms with Gasteiger partial charge >= 0.3 is 0 Å². The summed E-state index contributed by atoms with van der Waals surface area (Å²) in [4.78, 5) is 0. The predicted molar refractivity (Wildman–Crippen MR) is 132 cm³/mol. The molecule has 0 nitrogen and oxygen atoms in total. The van der Waals surface area contributed by atoms with Crippen LogP contribution < -0.4 is 0 Å². The van der Waals surface area contributed by atoms with Crippen molar-refractivity contribution in [3.8, 4) is 0 Å². The van der Waals surface area contributed by atoms with Gasteiger partial charge in [0.25, 0.3) is 0 Å². The third-order valence-electron chi connectivity index (χ3n) is 5.91. The van der Waals surface area contributed by atoms with Gasteiger partial charge in [-0.3, -0.25) is 0 Å². The quantitative estimate of drug-likeness (QED) is 0.280. The van der Waals surface area contributed by atoms with Gasteiger partial charge in [0.1, 0.15) is 0 Å². The predicted octanol–water partition coefficient (Wildman–Crippen LogP) is 8.31. The number of hydrogen-bond donors (Lipinski definition) is 0. The Balaban J connectivity index is 2.41. The SMILES string of the molecule is C=C/C=C(\C=C/C)c1ccc(C(C)C)cc1C(C)(c1ccccc1)c1ccccc1. The highest BCUT2D eigenvalue weighted by molar-refractivity contribution is 5.79. The molecule has 3 rings (SSSR count). The molecule has 0 amide bonds. The summed E-state index contributed by atoms with van der Waals surface area (Å²) in [5.41, 5.74) is 7.38. The van der Waals surface area contributed by atoms with Crippen molar-refractivity contribution in [2.45, 2.75) is 39.0 Å². The fourth-order valence-corrected chi connectivity index (χ4v) is 4.15. The second-order valence-electron chi connectivity index (χ2n) is 8.17. The molecule has 30 heavy (non-hydrogen) atoms. The van der Waals surface area contributed by atoms with Crippen molar-refractivity contribution in [1.29, 1.82) is 0 Å². The molecular formula is C30H32. The standard InChI is InChI=1S/C30H32/c1-6-14-24(15-7-2)28-21-20-25(23(3)4)22-29(28)30(5,26-16-10-8-11-17-26)27-18-12-9-13-19-27/h6-23H,1H2,2-5H3/b15-7-,24-14+. The molecule has 0 aliphatic heterocycles. The maximum Gasteiger partial charge on any atom is 0.0429 e. The molecule has 0 aliphatic carbocycles. The van der Waals surface area contributed by atoms with Gasteiger partial charge in [-0.25, -0.2) is 0 Å². The normalized spacial score (nSPS) is 12.5. The molecule has 0 atom stereocenters. The summed E-state index contributed by atoms with van der Waals surface area (Å²) in [6.07, 6.45) is 8.24. The third-order valence-corrected chi connectivity index (χ3v) is 5.91. The lowest BCUT2D eigenvalue weighted by atomic mass is 9.68. The van der Waals surface area contributed by atoms with Gasteiger partial charge in [-0.2, -0.15) is 0 Å². The van der Waals surface area contributed by atoms with Crippen LogP contribution in [0.5, 0.6) is 0 Å². The molecule has 0 radical (unpaired) electrons. The summed E-state index contributed by atoms with van der Waals surface area (Å²) in [7, 11) is 0. The summed E-state index contributed by atoms with van der Waals surface area (Å²) >= 11 is 0. The number of rotatable bonds is 7. The molecule has 3 aromatic carbocycles. The highest BCUT2D eigenvalue weighted by Gasteiger charge is 2.33. The lowest BCUT2D eigenvalue weighted by molar-refractivity contribution is 0.686. The minimum Gasteiger partial charge on any atom is -0.0990 e. The fraction of sp³-hybridized carbons (Fsp3) is 0.200. The van der Waals surface area contributed by atoms with E-state index >= 15 is 0 Å². The van der Waals surface area contributed by atoms with E-state index in [1.807, 2.05) is 6.08 Å². The molecule has 0 N–H and O–H groups in total. The minimum absolute atomic E-state index is 0.287. The van der Waals surface area contributed by atoms with E-state index in [1.54, 1.807) is 0 Å². The van der Waals surface area contributed by atoms with E-state index in [1.165, 1.54) is 33.4 Å². The number of allylic oxidation sites excluding steroid dienone is 5. The maximum absolute atomic E-state index is 3.95. The summed E-state index contributed by atoms with van der Waals surface area (Å²) in [5, 5.41) is 0. The molecule has 0 spiro atoms. The highest BCUT2D eigenvalue weighted by atomic mass is 14.4. The zero-order chi connectivity index (χ0) is 21.6. The molecular weight excluding hydrogens is 360 g/mol. The maximum atomic E-state index is 3.95. The lowest BCUT2D eigenvalue weighted by Gasteiger charge is -2.34. The smallest absolute Gasteiger partial charge is 0.0429 e. The van der Waals surface area contributed by atoms with Gasteiger partial charge in [0.2, 0.25) is 0 Å². The van der Waals surface area contributed by atoms with Crippen molar-refractivity contribution in [1.82, 2.24) is 0 Å². The van der Waals surface area contributed by atoms with E-state index in [-0.39, 0.29) is 5.41 Å². The zero-order valence-electron chi connectivity index (χ0n) is 18.6. The van der Waals surface area contributed by atoms with Gasteiger partial charge in [-0.15, -0.1) is 0 Å². The average Bonchev–Trinajstić information content (AvgIpc) is 2.79. The van der Waals surface area contributed by atoms with E-state index in [9.17, 15) is 0 Å². The van der Waals surface area contributed by atoms with Crippen LogP contribution in [-0.2, 0) is 5.41 Å². The van der Waals surface area contributed by atoms with Gasteiger partial charge in [0.15, 0.2) is 0 Å². The first kappa shape index (κ1) is 21.6. The zero-order valence-corrected chi connectivity index (χ0v) is 18.6. The van der Waals surface area contributed by atoms with E-state index in [4.69, 9.17) is 0 Å². The molecule has 0 bridgehead atoms. The van der Waals surface area contributed by atoms with Crippen LogP contribution in [0, 0.1) is 0 Å². The molecule has 0 aromatic heterocycles. The van der Waals surface area contributed by atoms with Crippen LogP contribution in [0.2, 0.25) is 0 Å². The van der Waals surface area contributed by atoms with Crippen LogP contribution in [0.4, 0.5) is 0 Å². The number of hydrogen-bond acceptors (Lipinski definition) is 0. The highest BCUT2D eigenvalue weighted by Crippen LogP contribution is 2.43. The Bertz CT molecular complexity index is 994. The second-order valence-corrected chi connectivity index (χ2v) is 8.17. The van der Waals surface area contributed by atoms with Crippen LogP contribution in [0.3, 0.4) is 0 Å². The molecule has 0 saturated carbocycles. The Kier molecular flexibility index (Phi) is 6.90. The van der Waals surface area contributed by atoms with Crippen molar-refractivity contribution in [2.75, 3.05) is 0 Å². The molecule has 0 fully saturated rings. The summed E-state index contributed by atoms with van der Waals surface area (Å²) in [6, 6.07) is 28.6. The molecule has 152 valence electrons. The van der Waals surface area contributed by atoms with Crippen LogP contribution >= 0.6 is 0 Å². The summed E-state index contributed by atoms with van der Waals surface area (Å²) in [6.45, 7) is 12.9. The van der Waals surface area contributed by atoms with Gasteiger partial charge < -0.3 is 0 Å². The molecule has 0 saturated heterocycles. The number of benzene rings is 3. The Labute approximate surface area is 182 Å². The Morgan fingerprint density at radius 3 is 1.90 bits per heavy atom. The van der Waals surface area contributed by atoms with Gasteiger partial charge in [-0.1, -0.05) is 124 Å². The van der Waals surface area contributed by atoms with Crippen LogP contribution in [-0.4, -0.2) is 0 Å². The molecule has 0 unspecified atom stereocenters. The van der Waals surface area contributed by atoms with Crippen molar-refractivity contribution >= 4 is 5.57 Å². The fourth-order valence-electron chi connectivity index (χ4n) is 4.15. The monoisotopic (exact) mass is 392 g/mol. The van der Waals surface area contributed by atoms with Gasteiger partial charge in [0, 0.05) is 5.41 Å². The first-order valence-corrected chi connectivity index (χ1v) is 10.7. The van der Waals surface area contributed by atoms with E-state index in [0.717, 1.165) is 0 Å². The van der Waals surface area contributed by atoms with Gasteiger partial charge in [-0.05, 0) is 53.2 Å². The molecule has 0 aliphatic rings. The van der Waals surface area contributed by atoms with Crippen molar-refractivity contribution in [2.24, 2.45) is 0 Å². The Morgan fingerprint density at radius 2 is 1.43 bits per heavy atom. The Hall–Kier alpha value is -3.12. The van der Waals surface area contributed by atoms with Crippen molar-refractivity contribution < 1.29 is 0 Å². The first-order chi connectivity index (χ1) is 14.5. The van der Waals surface area contributed by atoms with E-state index < -0.39 is 0 Å². The van der Waals surface area contributed by atoms with Crippen LogP contribution in [0.1, 0.15) is 61.4 Å². The van der Waals surface area contributed by atoms with Crippen LogP contribution in [0.25, 0.3) is 5.57 Å². The van der Waals surface area contributed by atoms with E-state index in [2.05, 4.69) is 131 Å². The largest absolute Gasteiger partial charge is 0.0990 e.